The van der Waals surface area contributed by atoms with Crippen LogP contribution in [0.15, 0.2) is 41.8 Å². The van der Waals surface area contributed by atoms with E-state index in [2.05, 4.69) is 15.5 Å². The van der Waals surface area contributed by atoms with Crippen molar-refractivity contribution in [2.75, 3.05) is 5.43 Å². The van der Waals surface area contributed by atoms with Gasteiger partial charge in [-0.05, 0) is 25.1 Å². The zero-order chi connectivity index (χ0) is 13.7. The highest BCUT2D eigenvalue weighted by Crippen LogP contribution is 2.15. The van der Waals surface area contributed by atoms with E-state index in [0.717, 1.165) is 11.5 Å². The monoisotopic (exact) mass is 250 g/mol. The van der Waals surface area contributed by atoms with Crippen molar-refractivity contribution in [3.63, 3.8) is 0 Å². The van der Waals surface area contributed by atoms with Crippen LogP contribution in [-0.4, -0.2) is 15.3 Å². The fraction of sp³-hybridized carbons (Fsp3) is 0.0769. The number of benzene rings is 1. The van der Waals surface area contributed by atoms with Crippen LogP contribution in [0, 0.1) is 29.6 Å². The maximum absolute atomic E-state index is 8.59. The van der Waals surface area contributed by atoms with Gasteiger partial charge >= 0.3 is 0 Å². The number of nitriles is 2. The lowest BCUT2D eigenvalue weighted by atomic mass is 10.3. The van der Waals surface area contributed by atoms with Crippen LogP contribution in [0.1, 0.15) is 5.82 Å². The molecule has 0 spiro atoms. The highest BCUT2D eigenvalue weighted by atomic mass is 15.3. The summed E-state index contributed by atoms with van der Waals surface area (Å²) in [5, 5.41) is 20.9. The van der Waals surface area contributed by atoms with Gasteiger partial charge < -0.3 is 4.57 Å². The van der Waals surface area contributed by atoms with Crippen molar-refractivity contribution in [3.8, 4) is 17.8 Å². The summed E-state index contributed by atoms with van der Waals surface area (Å²) in [7, 11) is 0. The molecule has 0 aliphatic carbocycles. The van der Waals surface area contributed by atoms with Crippen LogP contribution < -0.4 is 5.43 Å². The van der Waals surface area contributed by atoms with Gasteiger partial charge in [-0.2, -0.15) is 15.6 Å². The molecule has 1 aromatic carbocycles. The van der Waals surface area contributed by atoms with Gasteiger partial charge in [-0.1, -0.05) is 6.07 Å². The molecule has 19 heavy (non-hydrogen) atoms. The molecule has 1 aromatic heterocycles. The summed E-state index contributed by atoms with van der Waals surface area (Å²) in [6.07, 6.45) is 3.57. The second-order valence-electron chi connectivity index (χ2n) is 3.69. The third-order valence-electron chi connectivity index (χ3n) is 2.46. The van der Waals surface area contributed by atoms with Crippen LogP contribution in [-0.2, 0) is 0 Å². The Morgan fingerprint density at radius 1 is 1.37 bits per heavy atom. The number of imidazole rings is 1. The van der Waals surface area contributed by atoms with E-state index in [-0.39, 0.29) is 5.71 Å². The first-order valence-corrected chi connectivity index (χ1v) is 5.49. The molecule has 0 aliphatic heterocycles. The molecule has 0 saturated carbocycles. The Kier molecular flexibility index (Phi) is 3.56. The van der Waals surface area contributed by atoms with Crippen molar-refractivity contribution >= 4 is 11.4 Å². The Morgan fingerprint density at radius 2 is 2.16 bits per heavy atom. The van der Waals surface area contributed by atoms with Gasteiger partial charge in [0.05, 0.1) is 5.69 Å². The SMILES string of the molecule is Cc1nccn1-c1cccc(NN=C(C#N)C#N)c1. The smallest absolute Gasteiger partial charge is 0.237 e. The fourth-order valence-corrected chi connectivity index (χ4v) is 1.57. The summed E-state index contributed by atoms with van der Waals surface area (Å²) in [4.78, 5) is 4.15. The first kappa shape index (κ1) is 12.3. The number of anilines is 1. The van der Waals surface area contributed by atoms with Crippen molar-refractivity contribution in [1.29, 1.82) is 10.5 Å². The van der Waals surface area contributed by atoms with Crippen LogP contribution in [0.2, 0.25) is 0 Å². The summed E-state index contributed by atoms with van der Waals surface area (Å²) >= 11 is 0. The Balaban J connectivity index is 2.27. The van der Waals surface area contributed by atoms with E-state index in [1.54, 1.807) is 24.4 Å². The lowest BCUT2D eigenvalue weighted by molar-refractivity contribution is 0.975. The summed E-state index contributed by atoms with van der Waals surface area (Å²) < 4.78 is 1.92. The molecule has 0 amide bonds. The molecule has 1 heterocycles. The first-order chi connectivity index (χ1) is 9.24. The topological polar surface area (TPSA) is 89.8 Å². The minimum absolute atomic E-state index is 0.218. The Morgan fingerprint density at radius 3 is 2.79 bits per heavy atom. The van der Waals surface area contributed by atoms with Gasteiger partial charge in [-0.15, -0.1) is 0 Å². The summed E-state index contributed by atoms with van der Waals surface area (Å²) in [6.45, 7) is 1.90. The molecule has 1 N–H and O–H groups in total. The second-order valence-corrected chi connectivity index (χ2v) is 3.69. The lowest BCUT2D eigenvalue weighted by Crippen LogP contribution is -1.99. The van der Waals surface area contributed by atoms with Gasteiger partial charge in [-0.25, -0.2) is 4.98 Å². The highest BCUT2D eigenvalue weighted by molar-refractivity contribution is 6.10. The molecule has 6 heteroatoms. The van der Waals surface area contributed by atoms with Crippen LogP contribution >= 0.6 is 0 Å². The number of aryl methyl sites for hydroxylation is 1. The van der Waals surface area contributed by atoms with Crippen molar-refractivity contribution in [2.24, 2.45) is 5.10 Å². The maximum atomic E-state index is 8.59. The fourth-order valence-electron chi connectivity index (χ4n) is 1.57. The maximum Gasteiger partial charge on any atom is 0.237 e. The van der Waals surface area contributed by atoms with Crippen molar-refractivity contribution < 1.29 is 0 Å². The van der Waals surface area contributed by atoms with Crippen LogP contribution in [0.5, 0.6) is 0 Å². The van der Waals surface area contributed by atoms with Gasteiger partial charge in [0.25, 0.3) is 0 Å². The normalized spacial score (nSPS) is 9.21. The van der Waals surface area contributed by atoms with Gasteiger partial charge in [0, 0.05) is 18.1 Å². The second kappa shape index (κ2) is 5.48. The van der Waals surface area contributed by atoms with E-state index < -0.39 is 0 Å². The Bertz CT molecular complexity index is 682. The molecule has 2 rings (SSSR count). The Hall–Kier alpha value is -3.12. The minimum Gasteiger partial charge on any atom is -0.304 e. The summed E-state index contributed by atoms with van der Waals surface area (Å²) in [5.74, 6) is 0.871. The molecule has 0 saturated heterocycles. The zero-order valence-electron chi connectivity index (χ0n) is 10.2. The molecule has 0 atom stereocenters. The van der Waals surface area contributed by atoms with Crippen LogP contribution in [0.4, 0.5) is 5.69 Å². The van der Waals surface area contributed by atoms with Crippen LogP contribution in [0.3, 0.4) is 0 Å². The van der Waals surface area contributed by atoms with Crippen molar-refractivity contribution in [3.05, 3.63) is 42.5 Å². The van der Waals surface area contributed by atoms with Crippen LogP contribution in [0.25, 0.3) is 5.69 Å². The number of hydrazone groups is 1. The third-order valence-corrected chi connectivity index (χ3v) is 2.46. The molecule has 0 radical (unpaired) electrons. The van der Waals surface area contributed by atoms with Gasteiger partial charge in [0.15, 0.2) is 0 Å². The standard InChI is InChI=1S/C13H10N6/c1-10-16-5-6-19(10)13-4-2-3-11(7-13)17-18-12(8-14)9-15/h2-7,17H,1H3. The van der Waals surface area contributed by atoms with E-state index >= 15 is 0 Å². The minimum atomic E-state index is -0.218. The first-order valence-electron chi connectivity index (χ1n) is 5.49. The number of nitrogens with one attached hydrogen (secondary N) is 1. The lowest BCUT2D eigenvalue weighted by Gasteiger charge is -2.07. The van der Waals surface area contributed by atoms with E-state index in [1.807, 2.05) is 35.9 Å². The molecule has 2 aromatic rings. The quantitative estimate of drug-likeness (QED) is 0.666. The van der Waals surface area contributed by atoms with Gasteiger partial charge in [-0.3, -0.25) is 5.43 Å². The number of hydrogen-bond donors (Lipinski definition) is 1. The molecular formula is C13H10N6. The molecule has 0 aliphatic rings. The predicted octanol–water partition coefficient (Wildman–Crippen LogP) is 2.00. The number of aromatic nitrogens is 2. The molecule has 92 valence electrons. The predicted molar refractivity (Wildman–Crippen MR) is 70.6 cm³/mol. The van der Waals surface area contributed by atoms with Gasteiger partial charge in [0.1, 0.15) is 18.0 Å². The van der Waals surface area contributed by atoms with Crippen molar-refractivity contribution in [2.45, 2.75) is 6.92 Å². The highest BCUT2D eigenvalue weighted by Gasteiger charge is 2.01. The molecule has 0 unspecified atom stereocenters. The molecular weight excluding hydrogens is 240 g/mol. The number of rotatable bonds is 3. The van der Waals surface area contributed by atoms with E-state index in [9.17, 15) is 0 Å². The average Bonchev–Trinajstić information content (AvgIpc) is 2.86. The largest absolute Gasteiger partial charge is 0.304 e. The summed E-state index contributed by atoms with van der Waals surface area (Å²) in [5.41, 5.74) is 4.07. The third kappa shape index (κ3) is 2.76. The van der Waals surface area contributed by atoms with E-state index in [4.69, 9.17) is 10.5 Å². The van der Waals surface area contributed by atoms with Crippen molar-refractivity contribution in [1.82, 2.24) is 9.55 Å². The molecule has 0 fully saturated rings. The number of hydrogen-bond acceptors (Lipinski definition) is 5. The summed E-state index contributed by atoms with van der Waals surface area (Å²) in [6, 6.07) is 10.8. The van der Waals surface area contributed by atoms with Gasteiger partial charge in [0.2, 0.25) is 5.71 Å². The number of nitrogens with zero attached hydrogens (tertiary/aromatic N) is 5. The molecule has 6 nitrogen and oxygen atoms in total. The molecule has 0 bridgehead atoms. The average molecular weight is 250 g/mol. The van der Waals surface area contributed by atoms with E-state index in [1.165, 1.54) is 0 Å². The Labute approximate surface area is 110 Å². The zero-order valence-corrected chi connectivity index (χ0v) is 10.2. The van der Waals surface area contributed by atoms with E-state index in [0.29, 0.717) is 5.69 Å².